The molecule has 0 heterocycles. The van der Waals surface area contributed by atoms with E-state index in [9.17, 15) is 13.2 Å². The van der Waals surface area contributed by atoms with Crippen molar-refractivity contribution in [2.75, 3.05) is 32.1 Å². The summed E-state index contributed by atoms with van der Waals surface area (Å²) in [6, 6.07) is -0.223. The predicted molar refractivity (Wildman–Crippen MR) is 52.8 cm³/mol. The van der Waals surface area contributed by atoms with Crippen LogP contribution in [0.2, 0.25) is 0 Å². The van der Waals surface area contributed by atoms with Crippen LogP contribution in [0.25, 0.3) is 0 Å². The highest BCUT2D eigenvalue weighted by molar-refractivity contribution is 9.09. The van der Waals surface area contributed by atoms with Crippen LogP contribution in [0.15, 0.2) is 0 Å². The number of nitrogens with zero attached hydrogens (tertiary/aromatic N) is 1. The van der Waals surface area contributed by atoms with Gasteiger partial charge in [-0.05, 0) is 6.92 Å². The third kappa shape index (κ3) is 6.62. The summed E-state index contributed by atoms with van der Waals surface area (Å²) >= 11 is 3.13. The van der Waals surface area contributed by atoms with Crippen molar-refractivity contribution in [3.8, 4) is 0 Å². The molecule has 0 amide bonds. The van der Waals surface area contributed by atoms with Crippen LogP contribution >= 0.6 is 15.9 Å². The molecule has 6 heteroatoms. The molecule has 0 rings (SSSR count). The minimum absolute atomic E-state index is 0.223. The fourth-order valence-corrected chi connectivity index (χ4v) is 1.60. The van der Waals surface area contributed by atoms with Gasteiger partial charge in [-0.2, -0.15) is 13.2 Å². The van der Waals surface area contributed by atoms with Gasteiger partial charge in [-0.25, -0.2) is 0 Å². The van der Waals surface area contributed by atoms with Gasteiger partial charge in [-0.1, -0.05) is 15.9 Å². The molecular weight excluding hydrogens is 263 g/mol. The molecule has 0 saturated carbocycles. The number of methoxy groups -OCH3 is 1. The van der Waals surface area contributed by atoms with Gasteiger partial charge in [0.05, 0.1) is 13.2 Å². The highest BCUT2D eigenvalue weighted by Gasteiger charge is 2.32. The van der Waals surface area contributed by atoms with Crippen LogP contribution in [0, 0.1) is 0 Å². The molecule has 14 heavy (non-hydrogen) atoms. The van der Waals surface area contributed by atoms with E-state index in [0.717, 1.165) is 0 Å². The molecule has 0 bridgehead atoms. The van der Waals surface area contributed by atoms with Crippen molar-refractivity contribution in [3.63, 3.8) is 0 Å². The SMILES string of the molecule is COCC(C)N(CCBr)CC(F)(F)F. The van der Waals surface area contributed by atoms with E-state index in [1.807, 2.05) is 0 Å². The van der Waals surface area contributed by atoms with Crippen molar-refractivity contribution in [3.05, 3.63) is 0 Å². The van der Waals surface area contributed by atoms with E-state index in [1.54, 1.807) is 6.92 Å². The second-order valence-corrected chi connectivity index (χ2v) is 3.87. The number of hydrogen-bond acceptors (Lipinski definition) is 2. The van der Waals surface area contributed by atoms with Crippen molar-refractivity contribution < 1.29 is 17.9 Å². The van der Waals surface area contributed by atoms with Crippen molar-refractivity contribution in [2.45, 2.75) is 19.1 Å². The van der Waals surface area contributed by atoms with Crippen LogP contribution in [0.3, 0.4) is 0 Å². The van der Waals surface area contributed by atoms with Crippen molar-refractivity contribution in [1.82, 2.24) is 4.90 Å². The fraction of sp³-hybridized carbons (Fsp3) is 1.00. The first-order chi connectivity index (χ1) is 6.40. The van der Waals surface area contributed by atoms with Gasteiger partial charge in [0.15, 0.2) is 0 Å². The summed E-state index contributed by atoms with van der Waals surface area (Å²) in [5, 5.41) is 0.525. The van der Waals surface area contributed by atoms with Crippen molar-refractivity contribution >= 4 is 15.9 Å². The topological polar surface area (TPSA) is 12.5 Å². The van der Waals surface area contributed by atoms with E-state index >= 15 is 0 Å². The Hall–Kier alpha value is 0.190. The molecule has 0 spiro atoms. The normalized spacial score (nSPS) is 14.8. The lowest BCUT2D eigenvalue weighted by molar-refractivity contribution is -0.151. The molecular formula is C8H15BrF3NO. The van der Waals surface area contributed by atoms with E-state index in [2.05, 4.69) is 15.9 Å². The summed E-state index contributed by atoms with van der Waals surface area (Å²) in [7, 11) is 1.48. The molecule has 0 aliphatic rings. The van der Waals surface area contributed by atoms with Gasteiger partial charge in [-0.3, -0.25) is 4.90 Å². The molecule has 0 radical (unpaired) electrons. The largest absolute Gasteiger partial charge is 0.401 e. The van der Waals surface area contributed by atoms with Crippen LogP contribution in [-0.4, -0.2) is 49.3 Å². The van der Waals surface area contributed by atoms with Crippen LogP contribution in [-0.2, 0) is 4.74 Å². The Labute approximate surface area is 90.5 Å². The summed E-state index contributed by atoms with van der Waals surface area (Å²) in [6.07, 6.45) is -4.15. The molecule has 1 atom stereocenters. The van der Waals surface area contributed by atoms with Crippen molar-refractivity contribution in [2.24, 2.45) is 0 Å². The van der Waals surface area contributed by atoms with Gasteiger partial charge >= 0.3 is 6.18 Å². The maximum Gasteiger partial charge on any atom is 0.401 e. The zero-order valence-corrected chi connectivity index (χ0v) is 9.86. The number of alkyl halides is 4. The van der Waals surface area contributed by atoms with E-state index < -0.39 is 12.7 Å². The molecule has 86 valence electrons. The first-order valence-electron chi connectivity index (χ1n) is 4.26. The summed E-state index contributed by atoms with van der Waals surface area (Å²) in [6.45, 7) is 1.51. The lowest BCUT2D eigenvalue weighted by Gasteiger charge is -2.28. The summed E-state index contributed by atoms with van der Waals surface area (Å²) < 4.78 is 41.2. The minimum atomic E-state index is -4.15. The van der Waals surface area contributed by atoms with Crippen LogP contribution in [0.5, 0.6) is 0 Å². The van der Waals surface area contributed by atoms with E-state index in [-0.39, 0.29) is 6.04 Å². The molecule has 0 aromatic rings. The van der Waals surface area contributed by atoms with Crippen molar-refractivity contribution in [1.29, 1.82) is 0 Å². The van der Waals surface area contributed by atoms with E-state index in [4.69, 9.17) is 4.74 Å². The monoisotopic (exact) mass is 277 g/mol. The average molecular weight is 278 g/mol. The van der Waals surface area contributed by atoms with Gasteiger partial charge in [0.25, 0.3) is 0 Å². The third-order valence-corrected chi connectivity index (χ3v) is 2.14. The van der Waals surface area contributed by atoms with Crippen LogP contribution in [0.4, 0.5) is 13.2 Å². The minimum Gasteiger partial charge on any atom is -0.383 e. The Morgan fingerprint density at radius 3 is 2.36 bits per heavy atom. The van der Waals surface area contributed by atoms with Gasteiger partial charge in [-0.15, -0.1) is 0 Å². The molecule has 0 aliphatic carbocycles. The lowest BCUT2D eigenvalue weighted by atomic mass is 10.3. The van der Waals surface area contributed by atoms with E-state index in [1.165, 1.54) is 12.0 Å². The highest BCUT2D eigenvalue weighted by Crippen LogP contribution is 2.18. The van der Waals surface area contributed by atoms with Gasteiger partial charge in [0.1, 0.15) is 0 Å². The Morgan fingerprint density at radius 2 is 2.00 bits per heavy atom. The Morgan fingerprint density at radius 1 is 1.43 bits per heavy atom. The first kappa shape index (κ1) is 14.2. The fourth-order valence-electron chi connectivity index (χ4n) is 1.14. The molecule has 0 saturated heterocycles. The first-order valence-corrected chi connectivity index (χ1v) is 5.38. The molecule has 0 aromatic carbocycles. The molecule has 1 unspecified atom stereocenters. The van der Waals surface area contributed by atoms with E-state index in [0.29, 0.717) is 18.5 Å². The summed E-state index contributed by atoms with van der Waals surface area (Å²) in [4.78, 5) is 1.35. The van der Waals surface area contributed by atoms with Gasteiger partial charge in [0.2, 0.25) is 0 Å². The Balaban J connectivity index is 4.13. The smallest absolute Gasteiger partial charge is 0.383 e. The quantitative estimate of drug-likeness (QED) is 0.691. The number of rotatable bonds is 6. The second-order valence-electron chi connectivity index (χ2n) is 3.08. The average Bonchev–Trinajstić information content (AvgIpc) is 2.01. The maximum absolute atomic E-state index is 12.1. The number of ether oxygens (including phenoxy) is 1. The van der Waals surface area contributed by atoms with Gasteiger partial charge in [0, 0.05) is 25.0 Å². The number of halogens is 4. The van der Waals surface area contributed by atoms with Crippen LogP contribution in [0.1, 0.15) is 6.92 Å². The highest BCUT2D eigenvalue weighted by atomic mass is 79.9. The Bertz CT molecular complexity index is 154. The molecule has 0 aromatic heterocycles. The van der Waals surface area contributed by atoms with Crippen LogP contribution < -0.4 is 0 Å². The standard InChI is InChI=1S/C8H15BrF3NO/c1-7(5-14-2)13(4-3-9)6-8(10,11)12/h7H,3-6H2,1-2H3. The van der Waals surface area contributed by atoms with Gasteiger partial charge < -0.3 is 4.74 Å². The molecule has 0 fully saturated rings. The predicted octanol–water partition coefficient (Wildman–Crippen LogP) is 2.28. The second kappa shape index (κ2) is 6.63. The number of hydrogen-bond donors (Lipinski definition) is 0. The zero-order valence-electron chi connectivity index (χ0n) is 8.27. The molecule has 0 N–H and O–H groups in total. The molecule has 0 aliphatic heterocycles. The summed E-state index contributed by atoms with van der Waals surface area (Å²) in [5.74, 6) is 0. The summed E-state index contributed by atoms with van der Waals surface area (Å²) in [5.41, 5.74) is 0. The third-order valence-electron chi connectivity index (χ3n) is 1.79. The molecule has 2 nitrogen and oxygen atoms in total. The Kier molecular flexibility index (Phi) is 6.72. The maximum atomic E-state index is 12.1. The lowest BCUT2D eigenvalue weighted by Crippen LogP contribution is -2.43. The zero-order chi connectivity index (χ0) is 11.2.